The number of phenolic OH excluding ortho intramolecular Hbond substituents is 1. The lowest BCUT2D eigenvalue weighted by Crippen LogP contribution is -2.34. The molecule has 1 aliphatic carbocycles. The van der Waals surface area contributed by atoms with E-state index in [1.54, 1.807) is 24.3 Å². The van der Waals surface area contributed by atoms with Gasteiger partial charge in [0.05, 0.1) is 17.6 Å². The summed E-state index contributed by atoms with van der Waals surface area (Å²) >= 11 is 5.75. The number of amides is 2. The first-order chi connectivity index (χ1) is 15.3. The minimum atomic E-state index is -0.749. The summed E-state index contributed by atoms with van der Waals surface area (Å²) in [6.45, 7) is 0.400. The van der Waals surface area contributed by atoms with Crippen LogP contribution in [0.4, 0.5) is 0 Å². The standard InChI is InChI=1S/C23H25ClN2O6/c24-16-5-10-19(20(27)13-16)22(29)26-12-11-25-21(28)14-1-6-17(7-2-14)32-18-8-3-15(4-9-18)23(30)31/h1-2,5-7,10,13,15,18,27H,3-4,8-9,11-12H2,(H,25,28)(H,26,29)(H,30,31). The number of halogens is 1. The Morgan fingerprint density at radius 1 is 0.938 bits per heavy atom. The number of carboxylic acid groups (broad SMARTS) is 1. The van der Waals surface area contributed by atoms with Crippen molar-refractivity contribution < 1.29 is 29.3 Å². The highest BCUT2D eigenvalue weighted by Gasteiger charge is 2.26. The third kappa shape index (κ3) is 6.37. The van der Waals surface area contributed by atoms with Gasteiger partial charge in [-0.2, -0.15) is 0 Å². The molecule has 0 unspecified atom stereocenters. The highest BCUT2D eigenvalue weighted by atomic mass is 35.5. The molecular formula is C23H25ClN2O6. The molecule has 0 radical (unpaired) electrons. The zero-order valence-corrected chi connectivity index (χ0v) is 18.1. The number of carboxylic acids is 1. The zero-order valence-electron chi connectivity index (χ0n) is 17.3. The number of carbonyl (C=O) groups excluding carboxylic acids is 2. The summed E-state index contributed by atoms with van der Waals surface area (Å²) in [6, 6.07) is 10.9. The van der Waals surface area contributed by atoms with Crippen LogP contribution in [0.2, 0.25) is 5.02 Å². The first-order valence-corrected chi connectivity index (χ1v) is 10.8. The van der Waals surface area contributed by atoms with Gasteiger partial charge in [0.1, 0.15) is 11.5 Å². The van der Waals surface area contributed by atoms with Gasteiger partial charge in [0, 0.05) is 23.7 Å². The van der Waals surface area contributed by atoms with Crippen LogP contribution in [0.25, 0.3) is 0 Å². The minimum absolute atomic E-state index is 0.0195. The number of hydrogen-bond donors (Lipinski definition) is 4. The van der Waals surface area contributed by atoms with Gasteiger partial charge in [0.15, 0.2) is 0 Å². The highest BCUT2D eigenvalue weighted by molar-refractivity contribution is 6.30. The fourth-order valence-electron chi connectivity index (χ4n) is 3.55. The Morgan fingerprint density at radius 3 is 2.16 bits per heavy atom. The number of rotatable bonds is 8. The molecule has 0 spiro atoms. The second kappa shape index (κ2) is 10.9. The second-order valence-corrected chi connectivity index (χ2v) is 8.06. The monoisotopic (exact) mass is 460 g/mol. The smallest absolute Gasteiger partial charge is 0.306 e. The molecule has 0 heterocycles. The summed E-state index contributed by atoms with van der Waals surface area (Å²) in [5.41, 5.74) is 0.557. The Morgan fingerprint density at radius 2 is 1.56 bits per heavy atom. The first-order valence-electron chi connectivity index (χ1n) is 10.4. The van der Waals surface area contributed by atoms with Gasteiger partial charge >= 0.3 is 5.97 Å². The van der Waals surface area contributed by atoms with Crippen molar-refractivity contribution in [1.29, 1.82) is 0 Å². The molecule has 1 aliphatic rings. The molecule has 8 nitrogen and oxygen atoms in total. The molecule has 2 aromatic rings. The van der Waals surface area contributed by atoms with Crippen LogP contribution in [0.15, 0.2) is 42.5 Å². The van der Waals surface area contributed by atoms with E-state index in [4.69, 9.17) is 21.4 Å². The molecular weight excluding hydrogens is 436 g/mol. The van der Waals surface area contributed by atoms with Crippen LogP contribution in [-0.2, 0) is 4.79 Å². The molecule has 0 aromatic heterocycles. The molecule has 4 N–H and O–H groups in total. The van der Waals surface area contributed by atoms with E-state index in [1.807, 2.05) is 0 Å². The number of ether oxygens (including phenoxy) is 1. The minimum Gasteiger partial charge on any atom is -0.507 e. The van der Waals surface area contributed by atoms with Gasteiger partial charge < -0.3 is 25.6 Å². The normalized spacial score (nSPS) is 17.9. The summed E-state index contributed by atoms with van der Waals surface area (Å²) in [5.74, 6) is -1.37. The number of carbonyl (C=O) groups is 3. The molecule has 0 saturated heterocycles. The lowest BCUT2D eigenvalue weighted by molar-refractivity contribution is -0.143. The summed E-state index contributed by atoms with van der Waals surface area (Å²) in [6.07, 6.45) is 2.58. The van der Waals surface area contributed by atoms with Crippen molar-refractivity contribution >= 4 is 29.4 Å². The fourth-order valence-corrected chi connectivity index (χ4v) is 3.72. The van der Waals surface area contributed by atoms with Crippen LogP contribution >= 0.6 is 11.6 Å². The number of hydrogen-bond acceptors (Lipinski definition) is 5. The first kappa shape index (κ1) is 23.4. The maximum absolute atomic E-state index is 12.3. The fraction of sp³-hybridized carbons (Fsp3) is 0.348. The Hall–Kier alpha value is -3.26. The van der Waals surface area contributed by atoms with Crippen molar-refractivity contribution in [3.8, 4) is 11.5 Å². The van der Waals surface area contributed by atoms with E-state index in [1.165, 1.54) is 18.2 Å². The number of aliphatic carboxylic acids is 1. The molecule has 170 valence electrons. The maximum Gasteiger partial charge on any atom is 0.306 e. The van der Waals surface area contributed by atoms with Crippen LogP contribution < -0.4 is 15.4 Å². The molecule has 1 fully saturated rings. The van der Waals surface area contributed by atoms with Gasteiger partial charge in [-0.3, -0.25) is 14.4 Å². The third-order valence-corrected chi connectivity index (χ3v) is 5.58. The number of phenols is 1. The molecule has 0 aliphatic heterocycles. The van der Waals surface area contributed by atoms with Gasteiger partial charge in [-0.15, -0.1) is 0 Å². The quantitative estimate of drug-likeness (QED) is 0.448. The molecule has 3 rings (SSSR count). The zero-order chi connectivity index (χ0) is 23.1. The number of aromatic hydroxyl groups is 1. The highest BCUT2D eigenvalue weighted by Crippen LogP contribution is 2.28. The Kier molecular flexibility index (Phi) is 7.94. The van der Waals surface area contributed by atoms with Crippen LogP contribution in [-0.4, -0.2) is 47.2 Å². The molecule has 9 heteroatoms. The molecule has 1 saturated carbocycles. The predicted octanol–water partition coefficient (Wildman–Crippen LogP) is 3.23. The van der Waals surface area contributed by atoms with Gasteiger partial charge in [0.2, 0.25) is 0 Å². The third-order valence-electron chi connectivity index (χ3n) is 5.34. The summed E-state index contributed by atoms with van der Waals surface area (Å²) in [4.78, 5) is 35.4. The van der Waals surface area contributed by atoms with E-state index >= 15 is 0 Å². The van der Waals surface area contributed by atoms with Crippen molar-refractivity contribution in [3.63, 3.8) is 0 Å². The molecule has 32 heavy (non-hydrogen) atoms. The van der Waals surface area contributed by atoms with Crippen LogP contribution in [0.3, 0.4) is 0 Å². The average Bonchev–Trinajstić information content (AvgIpc) is 2.77. The molecule has 2 amide bonds. The molecule has 0 bridgehead atoms. The van der Waals surface area contributed by atoms with Gasteiger partial charge in [-0.05, 0) is 68.1 Å². The lowest BCUT2D eigenvalue weighted by atomic mass is 9.87. The van der Waals surface area contributed by atoms with Gasteiger partial charge in [-0.25, -0.2) is 0 Å². The van der Waals surface area contributed by atoms with Gasteiger partial charge in [0.25, 0.3) is 11.8 Å². The van der Waals surface area contributed by atoms with Crippen LogP contribution in [0.5, 0.6) is 11.5 Å². The Labute approximate surface area is 190 Å². The van der Waals surface area contributed by atoms with Crippen LogP contribution in [0, 0.1) is 5.92 Å². The number of nitrogens with one attached hydrogen (secondary N) is 2. The summed E-state index contributed by atoms with van der Waals surface area (Å²) in [5, 5.41) is 24.5. The van der Waals surface area contributed by atoms with Gasteiger partial charge in [-0.1, -0.05) is 11.6 Å². The van der Waals surface area contributed by atoms with Crippen molar-refractivity contribution in [3.05, 3.63) is 58.6 Å². The van der Waals surface area contributed by atoms with E-state index in [2.05, 4.69) is 10.6 Å². The summed E-state index contributed by atoms with van der Waals surface area (Å²) < 4.78 is 5.90. The largest absolute Gasteiger partial charge is 0.507 e. The maximum atomic E-state index is 12.3. The van der Waals surface area contributed by atoms with Crippen LogP contribution in [0.1, 0.15) is 46.4 Å². The van der Waals surface area contributed by atoms with Crippen molar-refractivity contribution in [1.82, 2.24) is 10.6 Å². The van der Waals surface area contributed by atoms with E-state index in [9.17, 15) is 19.5 Å². The second-order valence-electron chi connectivity index (χ2n) is 7.63. The van der Waals surface area contributed by atoms with E-state index < -0.39 is 11.9 Å². The Balaban J connectivity index is 1.40. The SMILES string of the molecule is O=C(NCCNC(=O)c1ccc(Cl)cc1O)c1ccc(OC2CCC(C(=O)O)CC2)cc1. The van der Waals surface area contributed by atoms with Crippen molar-refractivity contribution in [2.24, 2.45) is 5.92 Å². The lowest BCUT2D eigenvalue weighted by Gasteiger charge is -2.26. The molecule has 0 atom stereocenters. The summed E-state index contributed by atoms with van der Waals surface area (Å²) in [7, 11) is 0. The predicted molar refractivity (Wildman–Crippen MR) is 118 cm³/mol. The van der Waals surface area contributed by atoms with E-state index in [-0.39, 0.29) is 42.3 Å². The molecule has 2 aromatic carbocycles. The Bertz CT molecular complexity index is 971. The van der Waals surface area contributed by atoms with E-state index in [0.29, 0.717) is 42.0 Å². The topological polar surface area (TPSA) is 125 Å². The average molecular weight is 461 g/mol. The number of benzene rings is 2. The van der Waals surface area contributed by atoms with Crippen molar-refractivity contribution in [2.75, 3.05) is 13.1 Å². The van der Waals surface area contributed by atoms with E-state index in [0.717, 1.165) is 0 Å². The van der Waals surface area contributed by atoms with Crippen molar-refractivity contribution in [2.45, 2.75) is 31.8 Å².